The summed E-state index contributed by atoms with van der Waals surface area (Å²) in [4.78, 5) is 42.5. The average Bonchev–Trinajstić information content (AvgIpc) is 3.17. The van der Waals surface area contributed by atoms with E-state index in [0.717, 1.165) is 18.9 Å². The third-order valence-corrected chi connectivity index (χ3v) is 9.58. The van der Waals surface area contributed by atoms with Gasteiger partial charge in [0.15, 0.2) is 11.4 Å². The first-order valence-electron chi connectivity index (χ1n) is 13.8. The lowest BCUT2D eigenvalue weighted by molar-refractivity contribution is -0.148. The molecule has 0 spiro atoms. The molecule has 4 aliphatic rings. The van der Waals surface area contributed by atoms with Crippen LogP contribution in [-0.4, -0.2) is 85.5 Å². The third kappa shape index (κ3) is 4.15. The number of phenols is 1. The molecule has 6 atom stereocenters. The number of amides is 1. The summed E-state index contributed by atoms with van der Waals surface area (Å²) in [6.07, 6.45) is -4.00. The quantitative estimate of drug-likeness (QED) is 0.330. The van der Waals surface area contributed by atoms with E-state index in [9.17, 15) is 48.0 Å². The van der Waals surface area contributed by atoms with Crippen LogP contribution in [0.5, 0.6) is 5.75 Å². The molecule has 1 fully saturated rings. The molecule has 1 aromatic rings. The Kier molecular flexibility index (Phi) is 7.02. The number of phenolic OH excluding ortho intramolecular Hbond substituents is 1. The van der Waals surface area contributed by atoms with E-state index in [1.165, 1.54) is 19.0 Å². The minimum absolute atomic E-state index is 0.0150. The predicted octanol–water partition coefficient (Wildman–Crippen LogP) is 2.51. The molecule has 42 heavy (non-hydrogen) atoms. The zero-order valence-corrected chi connectivity index (χ0v) is 23.6. The Morgan fingerprint density at radius 1 is 1.14 bits per heavy atom. The van der Waals surface area contributed by atoms with Gasteiger partial charge in [0.05, 0.1) is 17.2 Å². The summed E-state index contributed by atoms with van der Waals surface area (Å²) in [5.41, 5.74) is -1.31. The molecule has 1 heterocycles. The third-order valence-electron chi connectivity index (χ3n) is 9.58. The number of aliphatic hydroxyl groups is 3. The number of nitrogens with two attached hydrogens (primary N) is 1. The van der Waals surface area contributed by atoms with E-state index in [0.29, 0.717) is 0 Å². The highest BCUT2D eigenvalue weighted by Crippen LogP contribution is 2.54. The van der Waals surface area contributed by atoms with Crippen molar-refractivity contribution in [1.29, 1.82) is 0 Å². The number of fused-ring (bicyclic) bond motifs is 3. The lowest BCUT2D eigenvalue weighted by Gasteiger charge is -2.50. The minimum Gasteiger partial charge on any atom is -0.510 e. The number of benzene rings is 1. The van der Waals surface area contributed by atoms with Gasteiger partial charge in [0.25, 0.3) is 5.91 Å². The molecular formula is C29H34F3N3O7. The molecule has 13 heteroatoms. The van der Waals surface area contributed by atoms with Crippen molar-refractivity contribution in [3.8, 4) is 5.75 Å². The van der Waals surface area contributed by atoms with Crippen LogP contribution in [0.4, 0.5) is 13.2 Å². The highest BCUT2D eigenvalue weighted by Gasteiger charge is 2.63. The Bertz CT molecular complexity index is 1460. The van der Waals surface area contributed by atoms with Gasteiger partial charge in [0.2, 0.25) is 5.78 Å². The van der Waals surface area contributed by atoms with Crippen molar-refractivity contribution >= 4 is 17.5 Å². The van der Waals surface area contributed by atoms with Gasteiger partial charge < -0.3 is 26.2 Å². The standard InChI is InChI=1S/C29H34F3N3O7/c1-11-5-6-12(2)35(11)10-14-9-17(36)19-15(21(14)29(30,31)32)7-13-8-16-22(34(3)4)24(38)20(27(33)41)26(40)28(16,42)25(39)18(13)23(19)37/h9,11-13,16,22,36,38-39,42H,5-8,10H2,1-4H3,(H2,33,41)/t11?,12?,13-,16-,22-,28-/m0/s1. The molecule has 228 valence electrons. The molecule has 6 N–H and O–H groups in total. The molecule has 1 amide bonds. The Morgan fingerprint density at radius 3 is 2.26 bits per heavy atom. The first kappa shape index (κ1) is 30.1. The Morgan fingerprint density at radius 2 is 1.74 bits per heavy atom. The summed E-state index contributed by atoms with van der Waals surface area (Å²) in [5, 5.41) is 44.8. The maximum atomic E-state index is 14.7. The normalized spacial score (nSPS) is 31.9. The molecule has 2 unspecified atom stereocenters. The van der Waals surface area contributed by atoms with E-state index < -0.39 is 98.7 Å². The lowest BCUT2D eigenvalue weighted by atomic mass is 9.58. The second-order valence-electron chi connectivity index (χ2n) is 12.2. The lowest BCUT2D eigenvalue weighted by Crippen LogP contribution is -2.63. The van der Waals surface area contributed by atoms with Gasteiger partial charge in [0, 0.05) is 30.1 Å². The predicted molar refractivity (Wildman–Crippen MR) is 142 cm³/mol. The molecule has 5 rings (SSSR count). The second kappa shape index (κ2) is 9.81. The van der Waals surface area contributed by atoms with Gasteiger partial charge in [-0.1, -0.05) is 0 Å². The fraction of sp³-hybridized carbons (Fsp3) is 0.552. The number of carbonyl (C=O) groups is 3. The molecule has 1 aromatic carbocycles. The average molecular weight is 594 g/mol. The molecule has 1 aliphatic heterocycles. The van der Waals surface area contributed by atoms with Crippen LogP contribution in [0, 0.1) is 11.8 Å². The zero-order chi connectivity index (χ0) is 31.2. The second-order valence-corrected chi connectivity index (χ2v) is 12.2. The van der Waals surface area contributed by atoms with Crippen molar-refractivity contribution in [1.82, 2.24) is 9.80 Å². The number of aliphatic hydroxyl groups excluding tert-OH is 2. The van der Waals surface area contributed by atoms with Crippen molar-refractivity contribution in [2.75, 3.05) is 14.1 Å². The summed E-state index contributed by atoms with van der Waals surface area (Å²) in [6.45, 7) is 3.74. The van der Waals surface area contributed by atoms with Crippen LogP contribution in [0.1, 0.15) is 60.2 Å². The van der Waals surface area contributed by atoms with Crippen molar-refractivity contribution in [3.63, 3.8) is 0 Å². The number of Topliss-reactive ketones (excluding diaryl/α,β-unsaturated/α-hetero) is 2. The Hall–Kier alpha value is -3.42. The molecule has 0 saturated carbocycles. The van der Waals surface area contributed by atoms with Crippen molar-refractivity contribution in [2.45, 2.75) is 76.0 Å². The number of hydrogen-bond acceptors (Lipinski definition) is 9. The maximum Gasteiger partial charge on any atom is 0.417 e. The molecule has 0 radical (unpaired) electrons. The van der Waals surface area contributed by atoms with Crippen LogP contribution in [0.2, 0.25) is 0 Å². The van der Waals surface area contributed by atoms with E-state index in [-0.39, 0.29) is 30.6 Å². The number of rotatable bonds is 4. The monoisotopic (exact) mass is 593 g/mol. The Balaban J connectivity index is 1.70. The van der Waals surface area contributed by atoms with Gasteiger partial charge in [-0.2, -0.15) is 13.2 Å². The number of hydrogen-bond donors (Lipinski definition) is 5. The van der Waals surface area contributed by atoms with Gasteiger partial charge >= 0.3 is 6.18 Å². The molecule has 0 aromatic heterocycles. The smallest absolute Gasteiger partial charge is 0.417 e. The number of nitrogens with zero attached hydrogens (tertiary/aromatic N) is 2. The van der Waals surface area contributed by atoms with Crippen LogP contribution in [0.3, 0.4) is 0 Å². The van der Waals surface area contributed by atoms with Gasteiger partial charge in [-0.3, -0.25) is 24.2 Å². The first-order chi connectivity index (χ1) is 19.4. The number of allylic oxidation sites excluding steroid dienone is 1. The fourth-order valence-corrected chi connectivity index (χ4v) is 7.62. The van der Waals surface area contributed by atoms with Crippen molar-refractivity contribution in [3.05, 3.63) is 51.0 Å². The molecular weight excluding hydrogens is 559 g/mol. The van der Waals surface area contributed by atoms with Crippen molar-refractivity contribution < 1.29 is 48.0 Å². The van der Waals surface area contributed by atoms with E-state index in [2.05, 4.69) is 0 Å². The topological polar surface area (TPSA) is 165 Å². The molecule has 10 nitrogen and oxygen atoms in total. The van der Waals surface area contributed by atoms with Crippen LogP contribution < -0.4 is 5.73 Å². The molecule has 1 saturated heterocycles. The zero-order valence-electron chi connectivity index (χ0n) is 23.6. The summed E-state index contributed by atoms with van der Waals surface area (Å²) in [6, 6.07) is -0.284. The summed E-state index contributed by atoms with van der Waals surface area (Å²) in [5.74, 6) is -8.95. The van der Waals surface area contributed by atoms with Gasteiger partial charge in [-0.05, 0) is 76.7 Å². The first-order valence-corrected chi connectivity index (χ1v) is 13.8. The highest BCUT2D eigenvalue weighted by atomic mass is 19.4. The SMILES string of the molecule is CC1CCC(C)N1Cc1cc(O)c2c(c1C(F)(F)F)C[C@H]1C[C@H]3[C@H](N(C)C)C(O)=C(C(N)=O)C(=O)[C@@]3(O)C(O)=C1C2=O. The number of ketones is 2. The van der Waals surface area contributed by atoms with Crippen LogP contribution in [0.15, 0.2) is 28.7 Å². The van der Waals surface area contributed by atoms with E-state index in [1.807, 2.05) is 18.7 Å². The van der Waals surface area contributed by atoms with E-state index in [4.69, 9.17) is 5.73 Å². The number of aromatic hydroxyl groups is 1. The number of primary amides is 1. The summed E-state index contributed by atoms with van der Waals surface area (Å²) < 4.78 is 44.2. The van der Waals surface area contributed by atoms with Gasteiger partial charge in [0.1, 0.15) is 22.8 Å². The van der Waals surface area contributed by atoms with Crippen LogP contribution >= 0.6 is 0 Å². The molecule has 0 bridgehead atoms. The number of likely N-dealkylation sites (tertiary alicyclic amines) is 1. The number of alkyl halides is 3. The van der Waals surface area contributed by atoms with Crippen LogP contribution in [-0.2, 0) is 28.7 Å². The summed E-state index contributed by atoms with van der Waals surface area (Å²) >= 11 is 0. The van der Waals surface area contributed by atoms with Crippen LogP contribution in [0.25, 0.3) is 0 Å². The number of halogens is 3. The minimum atomic E-state index is -4.89. The summed E-state index contributed by atoms with van der Waals surface area (Å²) in [7, 11) is 2.94. The maximum absolute atomic E-state index is 14.7. The number of carbonyl (C=O) groups excluding carboxylic acids is 3. The fourth-order valence-electron chi connectivity index (χ4n) is 7.62. The largest absolute Gasteiger partial charge is 0.510 e. The van der Waals surface area contributed by atoms with E-state index in [1.54, 1.807) is 0 Å². The highest BCUT2D eigenvalue weighted by molar-refractivity contribution is 6.24. The molecule has 3 aliphatic carbocycles. The van der Waals surface area contributed by atoms with Gasteiger partial charge in [-0.15, -0.1) is 0 Å². The Labute approximate surface area is 239 Å². The van der Waals surface area contributed by atoms with E-state index >= 15 is 0 Å². The van der Waals surface area contributed by atoms with Crippen molar-refractivity contribution in [2.24, 2.45) is 17.6 Å². The number of likely N-dealkylation sites (N-methyl/N-ethyl adjacent to an activating group) is 1. The van der Waals surface area contributed by atoms with Gasteiger partial charge in [-0.25, -0.2) is 0 Å².